The molecular formula is C22H24O3. The van der Waals surface area contributed by atoms with E-state index in [9.17, 15) is 10.2 Å². The summed E-state index contributed by atoms with van der Waals surface area (Å²) in [6, 6.07) is 12.7. The maximum Gasteiger partial charge on any atom is 0.126 e. The quantitative estimate of drug-likeness (QED) is 0.798. The van der Waals surface area contributed by atoms with Gasteiger partial charge in [-0.15, -0.1) is 0 Å². The first kappa shape index (κ1) is 17.2. The number of methoxy groups -OCH3 is 1. The lowest BCUT2D eigenvalue weighted by Crippen LogP contribution is -2.10. The SMILES string of the molecule is COc1cc(O)ccc1[C@@H](Cc1ccc(O)cc1)C1=CC=C(C)CC1. The average molecular weight is 336 g/mol. The van der Waals surface area contributed by atoms with Crippen molar-refractivity contribution in [2.45, 2.75) is 32.1 Å². The summed E-state index contributed by atoms with van der Waals surface area (Å²) in [7, 11) is 1.63. The molecule has 3 nitrogen and oxygen atoms in total. The van der Waals surface area contributed by atoms with Crippen molar-refractivity contribution in [1.29, 1.82) is 0 Å². The van der Waals surface area contributed by atoms with Gasteiger partial charge in [-0.05, 0) is 49.9 Å². The second-order valence-corrected chi connectivity index (χ2v) is 6.60. The highest BCUT2D eigenvalue weighted by atomic mass is 16.5. The Morgan fingerprint density at radius 1 is 0.960 bits per heavy atom. The molecule has 0 spiro atoms. The standard InChI is InChI=1S/C22H24O3/c1-15-3-7-17(8-4-15)21(13-16-5-9-18(23)10-6-16)20-12-11-19(24)14-22(20)25-2/h3,5-7,9-12,14,21,23-24H,4,8,13H2,1-2H3/t21-/m0/s1. The minimum Gasteiger partial charge on any atom is -0.508 e. The Kier molecular flexibility index (Phi) is 5.13. The van der Waals surface area contributed by atoms with Crippen LogP contribution in [0.4, 0.5) is 0 Å². The van der Waals surface area contributed by atoms with Crippen molar-refractivity contribution in [2.75, 3.05) is 7.11 Å². The summed E-state index contributed by atoms with van der Waals surface area (Å²) in [5.74, 6) is 1.36. The molecule has 0 radical (unpaired) electrons. The third-order valence-corrected chi connectivity index (χ3v) is 4.81. The van der Waals surface area contributed by atoms with Crippen LogP contribution in [-0.4, -0.2) is 17.3 Å². The summed E-state index contributed by atoms with van der Waals surface area (Å²) < 4.78 is 5.53. The van der Waals surface area contributed by atoms with E-state index in [4.69, 9.17) is 4.74 Å². The zero-order valence-corrected chi connectivity index (χ0v) is 14.7. The Labute approximate surface area is 148 Å². The molecule has 1 aliphatic carbocycles. The van der Waals surface area contributed by atoms with Crippen LogP contribution in [0.2, 0.25) is 0 Å². The normalized spacial score (nSPS) is 15.3. The molecular weight excluding hydrogens is 312 g/mol. The summed E-state index contributed by atoms with van der Waals surface area (Å²) in [6.45, 7) is 2.16. The zero-order chi connectivity index (χ0) is 17.8. The van der Waals surface area contributed by atoms with Crippen molar-refractivity contribution in [3.8, 4) is 17.2 Å². The maximum absolute atomic E-state index is 9.78. The topological polar surface area (TPSA) is 49.7 Å². The minimum absolute atomic E-state index is 0.171. The third-order valence-electron chi connectivity index (χ3n) is 4.81. The van der Waals surface area contributed by atoms with Crippen molar-refractivity contribution in [3.63, 3.8) is 0 Å². The van der Waals surface area contributed by atoms with Crippen LogP contribution in [0.1, 0.15) is 36.8 Å². The van der Waals surface area contributed by atoms with Crippen LogP contribution in [0, 0.1) is 0 Å². The summed E-state index contributed by atoms with van der Waals surface area (Å²) in [5.41, 5.74) is 4.99. The second kappa shape index (κ2) is 7.47. The first-order valence-corrected chi connectivity index (χ1v) is 8.58. The Morgan fingerprint density at radius 3 is 2.32 bits per heavy atom. The van der Waals surface area contributed by atoms with Crippen LogP contribution in [0.3, 0.4) is 0 Å². The number of aromatic hydroxyl groups is 2. The van der Waals surface area contributed by atoms with Gasteiger partial charge in [0.1, 0.15) is 17.2 Å². The number of rotatable bonds is 5. The van der Waals surface area contributed by atoms with Crippen LogP contribution >= 0.6 is 0 Å². The van der Waals surface area contributed by atoms with Gasteiger partial charge in [0, 0.05) is 17.5 Å². The van der Waals surface area contributed by atoms with Crippen LogP contribution in [-0.2, 0) is 6.42 Å². The lowest BCUT2D eigenvalue weighted by atomic mass is 9.81. The fraction of sp³-hybridized carbons (Fsp3) is 0.273. The molecule has 130 valence electrons. The highest BCUT2D eigenvalue weighted by molar-refractivity contribution is 5.47. The average Bonchev–Trinajstić information content (AvgIpc) is 2.62. The van der Waals surface area contributed by atoms with E-state index in [0.29, 0.717) is 5.75 Å². The van der Waals surface area contributed by atoms with E-state index in [1.54, 1.807) is 31.4 Å². The second-order valence-electron chi connectivity index (χ2n) is 6.60. The molecule has 2 aromatic rings. The number of allylic oxidation sites excluding steroid dienone is 4. The fourth-order valence-electron chi connectivity index (χ4n) is 3.34. The van der Waals surface area contributed by atoms with Gasteiger partial charge in [0.2, 0.25) is 0 Å². The molecule has 1 atom stereocenters. The molecule has 0 unspecified atom stereocenters. The molecule has 25 heavy (non-hydrogen) atoms. The Balaban J connectivity index is 2.01. The highest BCUT2D eigenvalue weighted by Gasteiger charge is 2.22. The van der Waals surface area contributed by atoms with Gasteiger partial charge in [-0.1, -0.05) is 41.5 Å². The van der Waals surface area contributed by atoms with E-state index in [0.717, 1.165) is 30.4 Å². The summed E-state index contributed by atoms with van der Waals surface area (Å²) in [6.07, 6.45) is 7.32. The zero-order valence-electron chi connectivity index (χ0n) is 14.7. The van der Waals surface area contributed by atoms with Gasteiger partial charge >= 0.3 is 0 Å². The number of ether oxygens (including phenoxy) is 1. The van der Waals surface area contributed by atoms with Gasteiger partial charge in [0.25, 0.3) is 0 Å². The fourth-order valence-corrected chi connectivity index (χ4v) is 3.34. The molecule has 3 rings (SSSR count). The van der Waals surface area contributed by atoms with Gasteiger partial charge in [0.15, 0.2) is 0 Å². The lowest BCUT2D eigenvalue weighted by Gasteiger charge is -2.25. The Hall–Kier alpha value is -2.68. The molecule has 3 heteroatoms. The number of hydrogen-bond donors (Lipinski definition) is 2. The molecule has 0 amide bonds. The van der Waals surface area contributed by atoms with E-state index in [1.165, 1.54) is 11.1 Å². The van der Waals surface area contributed by atoms with Crippen molar-refractivity contribution in [2.24, 2.45) is 0 Å². The highest BCUT2D eigenvalue weighted by Crippen LogP contribution is 2.39. The van der Waals surface area contributed by atoms with E-state index in [-0.39, 0.29) is 17.4 Å². The van der Waals surface area contributed by atoms with Gasteiger partial charge in [-0.2, -0.15) is 0 Å². The first-order chi connectivity index (χ1) is 12.1. The summed E-state index contributed by atoms with van der Waals surface area (Å²) in [4.78, 5) is 0. The van der Waals surface area contributed by atoms with Crippen molar-refractivity contribution >= 4 is 0 Å². The Bertz CT molecular complexity index is 801. The molecule has 2 aromatic carbocycles. The largest absolute Gasteiger partial charge is 0.508 e. The molecule has 0 aliphatic heterocycles. The molecule has 0 saturated carbocycles. The predicted molar refractivity (Wildman–Crippen MR) is 100 cm³/mol. The number of hydrogen-bond acceptors (Lipinski definition) is 3. The lowest BCUT2D eigenvalue weighted by molar-refractivity contribution is 0.400. The molecule has 0 fully saturated rings. The van der Waals surface area contributed by atoms with Gasteiger partial charge in [0.05, 0.1) is 7.11 Å². The van der Waals surface area contributed by atoms with Gasteiger partial charge in [-0.3, -0.25) is 0 Å². The number of benzene rings is 2. The van der Waals surface area contributed by atoms with Crippen molar-refractivity contribution in [1.82, 2.24) is 0 Å². The van der Waals surface area contributed by atoms with Gasteiger partial charge in [-0.25, -0.2) is 0 Å². The summed E-state index contributed by atoms with van der Waals surface area (Å²) >= 11 is 0. The molecule has 1 aliphatic rings. The third kappa shape index (κ3) is 4.05. The van der Waals surface area contributed by atoms with E-state index >= 15 is 0 Å². The molecule has 0 heterocycles. The summed E-state index contributed by atoms with van der Waals surface area (Å²) in [5, 5.41) is 19.3. The molecule has 2 N–H and O–H groups in total. The van der Waals surface area contributed by atoms with E-state index in [2.05, 4.69) is 19.1 Å². The number of phenolic OH excluding ortho intramolecular Hbond substituents is 2. The van der Waals surface area contributed by atoms with Crippen molar-refractivity contribution in [3.05, 3.63) is 76.9 Å². The minimum atomic E-state index is 0.171. The van der Waals surface area contributed by atoms with Crippen LogP contribution in [0.5, 0.6) is 17.2 Å². The molecule has 0 aromatic heterocycles. The van der Waals surface area contributed by atoms with E-state index < -0.39 is 0 Å². The predicted octanol–water partition coefficient (Wildman–Crippen LogP) is 5.10. The van der Waals surface area contributed by atoms with Crippen LogP contribution in [0.15, 0.2) is 65.8 Å². The smallest absolute Gasteiger partial charge is 0.126 e. The van der Waals surface area contributed by atoms with Gasteiger partial charge < -0.3 is 14.9 Å². The molecule has 0 bridgehead atoms. The maximum atomic E-state index is 9.78. The van der Waals surface area contributed by atoms with Crippen LogP contribution < -0.4 is 4.74 Å². The van der Waals surface area contributed by atoms with Crippen molar-refractivity contribution < 1.29 is 14.9 Å². The number of phenols is 2. The molecule has 0 saturated heterocycles. The Morgan fingerprint density at radius 2 is 1.68 bits per heavy atom. The van der Waals surface area contributed by atoms with E-state index in [1.807, 2.05) is 18.2 Å². The first-order valence-electron chi connectivity index (χ1n) is 8.58. The van der Waals surface area contributed by atoms with Crippen LogP contribution in [0.25, 0.3) is 0 Å². The monoisotopic (exact) mass is 336 g/mol.